The minimum atomic E-state index is -1.33. The topological polar surface area (TPSA) is 29.1 Å². The molecule has 1 heterocycles. The summed E-state index contributed by atoms with van der Waals surface area (Å²) in [5, 5.41) is 5.17. The van der Waals surface area contributed by atoms with Gasteiger partial charge in [-0.25, -0.2) is 0 Å². The number of amides is 1. The molecule has 1 rings (SSSR count). The van der Waals surface area contributed by atoms with E-state index in [0.717, 1.165) is 5.31 Å². The third-order valence-electron chi connectivity index (χ3n) is 3.30. The molecule has 0 aromatic carbocycles. The number of hydrogen-bond acceptors (Lipinski definition) is 1. The first kappa shape index (κ1) is 11.5. The Hall–Kier alpha value is -0.620. The molecule has 78 valence electrons. The molecular weight excluding hydrogens is 193 g/mol. The van der Waals surface area contributed by atoms with Gasteiger partial charge in [-0.15, -0.1) is 0 Å². The zero-order valence-corrected chi connectivity index (χ0v) is 10.7. The second kappa shape index (κ2) is 3.51. The zero-order chi connectivity index (χ0) is 11.1. The molecule has 0 unspecified atom stereocenters. The number of likely N-dealkylation sites (N-methyl/N-ethyl adjacent to an activating group) is 1. The minimum absolute atomic E-state index is 0.0945. The van der Waals surface area contributed by atoms with Gasteiger partial charge in [0.25, 0.3) is 5.91 Å². The van der Waals surface area contributed by atoms with Crippen LogP contribution in [0.25, 0.3) is 0 Å². The molecule has 3 heteroatoms. The highest BCUT2D eigenvalue weighted by Gasteiger charge is 2.45. The number of nitrogens with one attached hydrogen (secondary N) is 1. The summed E-state index contributed by atoms with van der Waals surface area (Å²) in [6.45, 7) is 10.8. The Morgan fingerprint density at radius 2 is 1.64 bits per heavy atom. The van der Waals surface area contributed by atoms with Crippen molar-refractivity contribution in [3.05, 3.63) is 21.8 Å². The lowest BCUT2D eigenvalue weighted by Gasteiger charge is -2.16. The first-order chi connectivity index (χ1) is 6.34. The summed E-state index contributed by atoms with van der Waals surface area (Å²) in [6, 6.07) is 0. The summed E-state index contributed by atoms with van der Waals surface area (Å²) in [4.78, 5) is 11.8. The summed E-state index contributed by atoms with van der Waals surface area (Å²) in [5.41, 5.74) is 2.49. The smallest absolute Gasteiger partial charge is 0.286 e. The van der Waals surface area contributed by atoms with Crippen LogP contribution in [0.3, 0.4) is 0 Å². The van der Waals surface area contributed by atoms with Crippen LogP contribution in [-0.2, 0) is 4.79 Å². The van der Waals surface area contributed by atoms with Crippen LogP contribution in [0, 0.1) is 0 Å². The van der Waals surface area contributed by atoms with Crippen LogP contribution in [0.4, 0.5) is 0 Å². The van der Waals surface area contributed by atoms with E-state index in [9.17, 15) is 4.79 Å². The zero-order valence-electron chi connectivity index (χ0n) is 9.86. The Morgan fingerprint density at radius 1 is 1.14 bits per heavy atom. The summed E-state index contributed by atoms with van der Waals surface area (Å²) >= 11 is 0. The Kier molecular flexibility index (Phi) is 2.87. The summed E-state index contributed by atoms with van der Waals surface area (Å²) < 4.78 is 0. The van der Waals surface area contributed by atoms with E-state index in [1.807, 2.05) is 0 Å². The maximum Gasteiger partial charge on any atom is 0.286 e. The fourth-order valence-corrected chi connectivity index (χ4v) is 4.97. The second-order valence-electron chi connectivity index (χ2n) is 4.22. The fraction of sp³-hybridized carbons (Fsp3) is 0.545. The molecule has 1 aliphatic rings. The molecule has 1 aliphatic heterocycles. The summed E-state index contributed by atoms with van der Waals surface area (Å²) in [5.74, 6) is 0.0945. The number of rotatable bonds is 1. The molecule has 0 aliphatic carbocycles. The van der Waals surface area contributed by atoms with Crippen LogP contribution in [0.1, 0.15) is 20.8 Å². The van der Waals surface area contributed by atoms with Gasteiger partial charge in [0.15, 0.2) is 5.31 Å². The van der Waals surface area contributed by atoms with Gasteiger partial charge in [0.05, 0.1) is 25.9 Å². The van der Waals surface area contributed by atoms with Gasteiger partial charge in [-0.3, -0.25) is 4.79 Å². The lowest BCUT2D eigenvalue weighted by Crippen LogP contribution is -2.21. The Labute approximate surface area is 86.8 Å². The average molecular weight is 212 g/mol. The Balaban J connectivity index is 3.29. The molecule has 0 spiro atoms. The highest BCUT2D eigenvalue weighted by Crippen LogP contribution is 2.71. The number of carbonyl (C=O) groups excluding carboxylic acids is 1. The van der Waals surface area contributed by atoms with E-state index in [2.05, 4.69) is 39.4 Å². The van der Waals surface area contributed by atoms with Gasteiger partial charge in [0.1, 0.15) is 0 Å². The predicted molar refractivity (Wildman–Crippen MR) is 63.9 cm³/mol. The van der Waals surface area contributed by atoms with Crippen LogP contribution >= 0.6 is 7.26 Å². The molecule has 2 nitrogen and oxygen atoms in total. The van der Waals surface area contributed by atoms with Crippen molar-refractivity contribution in [2.24, 2.45) is 0 Å². The third kappa shape index (κ3) is 1.42. The van der Waals surface area contributed by atoms with E-state index in [1.54, 1.807) is 7.05 Å². The van der Waals surface area contributed by atoms with Crippen molar-refractivity contribution in [3.63, 3.8) is 0 Å². The SMILES string of the molecule is CNC(=O)C1=C(C)C(C)=C(C)[P+]1(C)C. The molecule has 0 atom stereocenters. The normalized spacial score (nSPS) is 20.4. The van der Waals surface area contributed by atoms with Gasteiger partial charge in [0, 0.05) is 12.6 Å². The van der Waals surface area contributed by atoms with Crippen molar-refractivity contribution in [2.75, 3.05) is 20.4 Å². The maximum atomic E-state index is 11.8. The van der Waals surface area contributed by atoms with E-state index in [0.29, 0.717) is 0 Å². The molecule has 1 N–H and O–H groups in total. The van der Waals surface area contributed by atoms with Crippen molar-refractivity contribution in [3.8, 4) is 0 Å². The van der Waals surface area contributed by atoms with Gasteiger partial charge in [-0.1, -0.05) is 0 Å². The van der Waals surface area contributed by atoms with Gasteiger partial charge < -0.3 is 5.32 Å². The number of allylic oxidation sites excluding steroid dienone is 3. The van der Waals surface area contributed by atoms with Gasteiger partial charge in [-0.2, -0.15) is 0 Å². The molecule has 0 aromatic heterocycles. The average Bonchev–Trinajstić information content (AvgIpc) is 2.27. The van der Waals surface area contributed by atoms with Crippen LogP contribution in [0.2, 0.25) is 0 Å². The van der Waals surface area contributed by atoms with E-state index in [-0.39, 0.29) is 5.91 Å². The second-order valence-corrected chi connectivity index (χ2v) is 8.24. The first-order valence-electron chi connectivity index (χ1n) is 4.80. The molecule has 0 radical (unpaired) electrons. The minimum Gasteiger partial charge on any atom is -0.352 e. The van der Waals surface area contributed by atoms with Gasteiger partial charge in [0.2, 0.25) is 0 Å². The molecule has 1 amide bonds. The molecule has 0 saturated heterocycles. The van der Waals surface area contributed by atoms with E-state index in [1.165, 1.54) is 16.5 Å². The third-order valence-corrected chi connectivity index (χ3v) is 6.97. The lowest BCUT2D eigenvalue weighted by molar-refractivity contribution is -0.116. The fourth-order valence-electron chi connectivity index (χ4n) is 2.00. The van der Waals surface area contributed by atoms with Crippen LogP contribution in [-0.4, -0.2) is 26.3 Å². The molecular formula is C11H19NOP+. The van der Waals surface area contributed by atoms with Crippen molar-refractivity contribution in [1.29, 1.82) is 0 Å². The van der Waals surface area contributed by atoms with Gasteiger partial charge in [-0.05, 0) is 26.3 Å². The molecule has 14 heavy (non-hydrogen) atoms. The summed E-state index contributed by atoms with van der Waals surface area (Å²) in [6.07, 6.45) is 0. The predicted octanol–water partition coefficient (Wildman–Crippen LogP) is 2.59. The monoisotopic (exact) mass is 212 g/mol. The Morgan fingerprint density at radius 3 is 1.93 bits per heavy atom. The molecule has 0 saturated carbocycles. The van der Waals surface area contributed by atoms with E-state index in [4.69, 9.17) is 0 Å². The molecule has 0 bridgehead atoms. The van der Waals surface area contributed by atoms with Crippen LogP contribution in [0.15, 0.2) is 21.8 Å². The van der Waals surface area contributed by atoms with Crippen molar-refractivity contribution in [1.82, 2.24) is 5.32 Å². The van der Waals surface area contributed by atoms with Crippen LogP contribution in [0.5, 0.6) is 0 Å². The maximum absolute atomic E-state index is 11.8. The largest absolute Gasteiger partial charge is 0.352 e. The Bertz CT molecular complexity index is 350. The van der Waals surface area contributed by atoms with E-state index < -0.39 is 7.26 Å². The summed E-state index contributed by atoms with van der Waals surface area (Å²) in [7, 11) is 0.368. The highest BCUT2D eigenvalue weighted by atomic mass is 31.2. The standard InChI is InChI=1S/C11H18NOP/c1-7-8(2)10(11(13)12-4)14(5,6)9(7)3/h1-6H3/p+1. The van der Waals surface area contributed by atoms with Crippen molar-refractivity contribution < 1.29 is 4.79 Å². The number of hydrogen-bond donors (Lipinski definition) is 1. The first-order valence-corrected chi connectivity index (χ1v) is 7.48. The lowest BCUT2D eigenvalue weighted by atomic mass is 10.1. The van der Waals surface area contributed by atoms with Crippen LogP contribution < -0.4 is 5.32 Å². The highest BCUT2D eigenvalue weighted by molar-refractivity contribution is 7.83. The van der Waals surface area contributed by atoms with Gasteiger partial charge >= 0.3 is 0 Å². The molecule has 0 aromatic rings. The van der Waals surface area contributed by atoms with Crippen molar-refractivity contribution >= 4 is 13.2 Å². The number of carbonyl (C=O) groups is 1. The van der Waals surface area contributed by atoms with Crippen molar-refractivity contribution in [2.45, 2.75) is 20.8 Å². The van der Waals surface area contributed by atoms with E-state index >= 15 is 0 Å². The quantitative estimate of drug-likeness (QED) is 0.665. The molecule has 0 fully saturated rings.